The third-order valence-corrected chi connectivity index (χ3v) is 4.92. The van der Waals surface area contributed by atoms with E-state index in [1.807, 2.05) is 12.1 Å². The number of hydrogen-bond donors (Lipinski definition) is 2. The molecule has 4 heteroatoms. The summed E-state index contributed by atoms with van der Waals surface area (Å²) in [5.41, 5.74) is 0.515. The fourth-order valence-electron chi connectivity index (χ4n) is 2.75. The van der Waals surface area contributed by atoms with Gasteiger partial charge in [-0.3, -0.25) is 4.79 Å². The molecule has 0 aliphatic carbocycles. The summed E-state index contributed by atoms with van der Waals surface area (Å²) in [5, 5.41) is 6.54. The van der Waals surface area contributed by atoms with E-state index in [1.54, 1.807) is 0 Å². The predicted octanol–water partition coefficient (Wildman–Crippen LogP) is 3.19. The van der Waals surface area contributed by atoms with E-state index >= 15 is 0 Å². The van der Waals surface area contributed by atoms with Gasteiger partial charge in [-0.2, -0.15) is 0 Å². The number of rotatable bonds is 4. The van der Waals surface area contributed by atoms with Gasteiger partial charge >= 0.3 is 0 Å². The molecule has 1 fully saturated rings. The van der Waals surface area contributed by atoms with E-state index in [1.165, 1.54) is 0 Å². The highest BCUT2D eigenvalue weighted by atomic mass is 79.9. The van der Waals surface area contributed by atoms with E-state index in [0.717, 1.165) is 36.0 Å². The van der Waals surface area contributed by atoms with Crippen molar-refractivity contribution in [2.45, 2.75) is 39.2 Å². The highest BCUT2D eigenvalue weighted by molar-refractivity contribution is 9.10. The summed E-state index contributed by atoms with van der Waals surface area (Å²) in [4.78, 5) is 12.7. The predicted molar refractivity (Wildman–Crippen MR) is 85.5 cm³/mol. The summed E-state index contributed by atoms with van der Waals surface area (Å²) >= 11 is 3.44. The zero-order valence-corrected chi connectivity index (χ0v) is 14.0. The van der Waals surface area contributed by atoms with Crippen molar-refractivity contribution in [1.82, 2.24) is 10.6 Å². The maximum Gasteiger partial charge on any atom is 0.228 e. The number of carbonyl (C=O) groups is 1. The molecule has 0 radical (unpaired) electrons. The average molecular weight is 339 g/mol. The van der Waals surface area contributed by atoms with Gasteiger partial charge in [0.25, 0.3) is 0 Å². The molecule has 1 aromatic rings. The van der Waals surface area contributed by atoms with Crippen LogP contribution >= 0.6 is 15.9 Å². The normalized spacial score (nSPS) is 22.8. The summed E-state index contributed by atoms with van der Waals surface area (Å²) in [6.45, 7) is 7.92. The van der Waals surface area contributed by atoms with Crippen molar-refractivity contribution < 1.29 is 4.79 Å². The molecule has 1 amide bonds. The number of carbonyl (C=O) groups excluding carboxylic acids is 1. The molecule has 1 aliphatic rings. The van der Waals surface area contributed by atoms with Crippen LogP contribution in [0.4, 0.5) is 0 Å². The second-order valence-electron chi connectivity index (χ2n) is 6.15. The molecule has 3 nitrogen and oxygen atoms in total. The molecule has 0 spiro atoms. The smallest absolute Gasteiger partial charge is 0.228 e. The number of nitrogens with one attached hydrogen (secondary N) is 2. The Morgan fingerprint density at radius 3 is 2.55 bits per heavy atom. The van der Waals surface area contributed by atoms with E-state index in [-0.39, 0.29) is 16.9 Å². The van der Waals surface area contributed by atoms with Crippen molar-refractivity contribution in [3.63, 3.8) is 0 Å². The SMILES string of the molecule is CCC1(C(=O)NC(C)(C)c2ccc(Br)cc2)CCNC1. The van der Waals surface area contributed by atoms with Crippen LogP contribution in [0.5, 0.6) is 0 Å². The first-order chi connectivity index (χ1) is 9.39. The van der Waals surface area contributed by atoms with Crippen LogP contribution in [0.25, 0.3) is 0 Å². The van der Waals surface area contributed by atoms with Gasteiger partial charge in [0, 0.05) is 11.0 Å². The Labute approximate surface area is 129 Å². The van der Waals surface area contributed by atoms with Crippen molar-refractivity contribution in [1.29, 1.82) is 0 Å². The van der Waals surface area contributed by atoms with E-state index in [2.05, 4.69) is 59.5 Å². The summed E-state index contributed by atoms with van der Waals surface area (Å²) in [5.74, 6) is 0.165. The third kappa shape index (κ3) is 3.07. The topological polar surface area (TPSA) is 41.1 Å². The minimum atomic E-state index is -0.359. The molecule has 2 rings (SSSR count). The highest BCUT2D eigenvalue weighted by Crippen LogP contribution is 2.32. The van der Waals surface area contributed by atoms with E-state index < -0.39 is 0 Å². The summed E-state index contributed by atoms with van der Waals surface area (Å²) in [6, 6.07) is 8.12. The van der Waals surface area contributed by atoms with Crippen LogP contribution in [0, 0.1) is 5.41 Å². The molecule has 1 unspecified atom stereocenters. The van der Waals surface area contributed by atoms with Gasteiger partial charge in [0.05, 0.1) is 11.0 Å². The van der Waals surface area contributed by atoms with Gasteiger partial charge in [0.1, 0.15) is 0 Å². The van der Waals surface area contributed by atoms with Crippen LogP contribution in [-0.2, 0) is 10.3 Å². The molecule has 0 aromatic heterocycles. The largest absolute Gasteiger partial charge is 0.347 e. The second kappa shape index (κ2) is 5.86. The lowest BCUT2D eigenvalue weighted by molar-refractivity contribution is -0.132. The standard InChI is InChI=1S/C16H23BrN2O/c1-4-16(9-10-18-11-16)14(20)19-15(2,3)12-5-7-13(17)8-6-12/h5-8,18H,4,9-11H2,1-3H3,(H,19,20). The summed E-state index contributed by atoms with van der Waals surface area (Å²) in [7, 11) is 0. The van der Waals surface area contributed by atoms with Crippen LogP contribution in [0.3, 0.4) is 0 Å². The first kappa shape index (κ1) is 15.5. The Balaban J connectivity index is 2.15. The summed E-state index contributed by atoms with van der Waals surface area (Å²) in [6.07, 6.45) is 1.80. The lowest BCUT2D eigenvalue weighted by Crippen LogP contribution is -2.49. The molecule has 20 heavy (non-hydrogen) atoms. The minimum absolute atomic E-state index is 0.165. The molecular formula is C16H23BrN2O. The van der Waals surface area contributed by atoms with Gasteiger partial charge in [0.2, 0.25) is 5.91 Å². The number of halogens is 1. The zero-order chi connectivity index (χ0) is 14.8. The van der Waals surface area contributed by atoms with Gasteiger partial charge in [-0.05, 0) is 50.9 Å². The van der Waals surface area contributed by atoms with E-state index in [4.69, 9.17) is 0 Å². The Morgan fingerprint density at radius 2 is 2.05 bits per heavy atom. The van der Waals surface area contributed by atoms with Gasteiger partial charge in [-0.15, -0.1) is 0 Å². The Bertz CT molecular complexity index is 476. The van der Waals surface area contributed by atoms with Crippen molar-refractivity contribution in [2.24, 2.45) is 5.41 Å². The van der Waals surface area contributed by atoms with Crippen molar-refractivity contribution in [3.8, 4) is 0 Å². The molecule has 1 heterocycles. The maximum absolute atomic E-state index is 12.7. The third-order valence-electron chi connectivity index (χ3n) is 4.39. The molecule has 0 saturated carbocycles. The van der Waals surface area contributed by atoms with E-state index in [0.29, 0.717) is 0 Å². The molecule has 0 bridgehead atoms. The van der Waals surface area contributed by atoms with Crippen LogP contribution in [0.1, 0.15) is 39.2 Å². The monoisotopic (exact) mass is 338 g/mol. The number of amides is 1. The Hall–Kier alpha value is -0.870. The molecule has 2 N–H and O–H groups in total. The van der Waals surface area contributed by atoms with Crippen LogP contribution in [-0.4, -0.2) is 19.0 Å². The molecule has 1 saturated heterocycles. The molecule has 110 valence electrons. The number of hydrogen-bond acceptors (Lipinski definition) is 2. The maximum atomic E-state index is 12.7. The molecule has 1 aromatic carbocycles. The zero-order valence-electron chi connectivity index (χ0n) is 12.4. The van der Waals surface area contributed by atoms with Gasteiger partial charge in [0.15, 0.2) is 0 Å². The average Bonchev–Trinajstić information content (AvgIpc) is 2.88. The lowest BCUT2D eigenvalue weighted by Gasteiger charge is -2.33. The molecule has 1 atom stereocenters. The first-order valence-corrected chi connectivity index (χ1v) is 7.98. The number of benzene rings is 1. The van der Waals surface area contributed by atoms with E-state index in [9.17, 15) is 4.79 Å². The van der Waals surface area contributed by atoms with Crippen molar-refractivity contribution in [3.05, 3.63) is 34.3 Å². The fourth-order valence-corrected chi connectivity index (χ4v) is 3.02. The molecule has 1 aliphatic heterocycles. The first-order valence-electron chi connectivity index (χ1n) is 7.19. The second-order valence-corrected chi connectivity index (χ2v) is 7.06. The Kier molecular flexibility index (Phi) is 4.55. The Morgan fingerprint density at radius 1 is 1.40 bits per heavy atom. The lowest BCUT2D eigenvalue weighted by atomic mass is 9.82. The van der Waals surface area contributed by atoms with Gasteiger partial charge < -0.3 is 10.6 Å². The fraction of sp³-hybridized carbons (Fsp3) is 0.562. The van der Waals surface area contributed by atoms with Crippen LogP contribution in [0.15, 0.2) is 28.7 Å². The van der Waals surface area contributed by atoms with Crippen molar-refractivity contribution in [2.75, 3.05) is 13.1 Å². The van der Waals surface area contributed by atoms with Crippen molar-refractivity contribution >= 4 is 21.8 Å². The highest BCUT2D eigenvalue weighted by Gasteiger charge is 2.41. The van der Waals surface area contributed by atoms with Crippen LogP contribution in [0.2, 0.25) is 0 Å². The summed E-state index contributed by atoms with van der Waals surface area (Å²) < 4.78 is 1.05. The van der Waals surface area contributed by atoms with Gasteiger partial charge in [-0.25, -0.2) is 0 Å². The minimum Gasteiger partial charge on any atom is -0.347 e. The van der Waals surface area contributed by atoms with Crippen LogP contribution < -0.4 is 10.6 Å². The molecular weight excluding hydrogens is 316 g/mol. The van der Waals surface area contributed by atoms with Gasteiger partial charge in [-0.1, -0.05) is 35.0 Å². The quantitative estimate of drug-likeness (QED) is 0.885.